The molecule has 2 rings (SSSR count). The standard InChI is InChI=1S/C13H11BrN2S/c14-11-5-1-9(2-6-11)10-3-7-12(8-4-10)16-13(15)17/h1-8H,(H3,15,16,17). The van der Waals surface area contributed by atoms with Gasteiger partial charge in [-0.05, 0) is 47.6 Å². The third-order valence-electron chi connectivity index (χ3n) is 2.33. The fraction of sp³-hybridized carbons (Fsp3) is 0. The molecule has 86 valence electrons. The van der Waals surface area contributed by atoms with Gasteiger partial charge in [0.05, 0.1) is 0 Å². The number of rotatable bonds is 2. The van der Waals surface area contributed by atoms with Gasteiger partial charge in [0, 0.05) is 10.2 Å². The van der Waals surface area contributed by atoms with Crippen LogP contribution in [0.1, 0.15) is 0 Å². The maximum Gasteiger partial charge on any atom is 0.168 e. The number of benzene rings is 2. The number of halogens is 1. The van der Waals surface area contributed by atoms with Crippen molar-refractivity contribution in [1.82, 2.24) is 0 Å². The zero-order valence-corrected chi connectivity index (χ0v) is 11.4. The summed E-state index contributed by atoms with van der Waals surface area (Å²) >= 11 is 8.20. The Hall–Kier alpha value is -1.39. The predicted octanol–water partition coefficient (Wildman–Crippen LogP) is 3.77. The quantitative estimate of drug-likeness (QED) is 0.829. The van der Waals surface area contributed by atoms with E-state index in [9.17, 15) is 0 Å². The van der Waals surface area contributed by atoms with Crippen LogP contribution in [0.5, 0.6) is 0 Å². The molecular formula is C13H11BrN2S. The molecule has 0 atom stereocenters. The number of nitrogens with one attached hydrogen (secondary N) is 1. The first-order valence-electron chi connectivity index (χ1n) is 5.07. The molecule has 0 amide bonds. The average molecular weight is 307 g/mol. The van der Waals surface area contributed by atoms with Gasteiger partial charge in [0.2, 0.25) is 0 Å². The van der Waals surface area contributed by atoms with Crippen LogP contribution in [-0.4, -0.2) is 5.11 Å². The van der Waals surface area contributed by atoms with Gasteiger partial charge in [-0.3, -0.25) is 0 Å². The predicted molar refractivity (Wildman–Crippen MR) is 80.0 cm³/mol. The maximum atomic E-state index is 5.41. The lowest BCUT2D eigenvalue weighted by Crippen LogP contribution is -2.18. The van der Waals surface area contributed by atoms with E-state index in [2.05, 4.69) is 33.4 Å². The molecule has 0 aromatic heterocycles. The Bertz CT molecular complexity index is 520. The molecule has 17 heavy (non-hydrogen) atoms. The van der Waals surface area contributed by atoms with E-state index in [1.165, 1.54) is 5.56 Å². The summed E-state index contributed by atoms with van der Waals surface area (Å²) in [7, 11) is 0. The van der Waals surface area contributed by atoms with Gasteiger partial charge in [-0.15, -0.1) is 0 Å². The lowest BCUT2D eigenvalue weighted by Gasteiger charge is -2.06. The zero-order valence-electron chi connectivity index (χ0n) is 8.98. The molecule has 0 spiro atoms. The van der Waals surface area contributed by atoms with Gasteiger partial charge in [-0.2, -0.15) is 0 Å². The monoisotopic (exact) mass is 306 g/mol. The summed E-state index contributed by atoms with van der Waals surface area (Å²) in [6, 6.07) is 16.2. The van der Waals surface area contributed by atoms with Gasteiger partial charge in [0.15, 0.2) is 5.11 Å². The van der Waals surface area contributed by atoms with E-state index in [0.29, 0.717) is 0 Å². The largest absolute Gasteiger partial charge is 0.376 e. The minimum Gasteiger partial charge on any atom is -0.376 e. The van der Waals surface area contributed by atoms with Crippen LogP contribution >= 0.6 is 28.1 Å². The Labute approximate surface area is 114 Å². The van der Waals surface area contributed by atoms with Crippen LogP contribution in [0.3, 0.4) is 0 Å². The highest BCUT2D eigenvalue weighted by atomic mass is 79.9. The third kappa shape index (κ3) is 3.28. The van der Waals surface area contributed by atoms with Crippen molar-refractivity contribution in [2.24, 2.45) is 5.73 Å². The maximum absolute atomic E-state index is 5.41. The van der Waals surface area contributed by atoms with Crippen molar-refractivity contribution in [3.63, 3.8) is 0 Å². The van der Waals surface area contributed by atoms with Gasteiger partial charge in [0.25, 0.3) is 0 Å². The fourth-order valence-electron chi connectivity index (χ4n) is 1.53. The summed E-state index contributed by atoms with van der Waals surface area (Å²) in [5.74, 6) is 0. The average Bonchev–Trinajstić information content (AvgIpc) is 2.30. The Morgan fingerprint density at radius 1 is 0.941 bits per heavy atom. The summed E-state index contributed by atoms with van der Waals surface area (Å²) in [5, 5.41) is 3.17. The molecule has 4 heteroatoms. The molecule has 0 saturated carbocycles. The van der Waals surface area contributed by atoms with Crippen LogP contribution in [0, 0.1) is 0 Å². The smallest absolute Gasteiger partial charge is 0.168 e. The number of anilines is 1. The van der Waals surface area contributed by atoms with E-state index in [4.69, 9.17) is 18.0 Å². The van der Waals surface area contributed by atoms with E-state index >= 15 is 0 Å². The lowest BCUT2D eigenvalue weighted by atomic mass is 10.1. The van der Waals surface area contributed by atoms with Crippen molar-refractivity contribution in [1.29, 1.82) is 0 Å². The van der Waals surface area contributed by atoms with Crippen molar-refractivity contribution >= 4 is 38.9 Å². The van der Waals surface area contributed by atoms with Gasteiger partial charge in [0.1, 0.15) is 0 Å². The molecule has 2 aromatic carbocycles. The molecule has 0 radical (unpaired) electrons. The molecule has 0 aliphatic heterocycles. The number of nitrogens with two attached hydrogens (primary N) is 1. The molecule has 0 bridgehead atoms. The van der Waals surface area contributed by atoms with Crippen LogP contribution in [0.4, 0.5) is 5.69 Å². The minimum atomic E-state index is 0.279. The van der Waals surface area contributed by atoms with Crippen molar-refractivity contribution < 1.29 is 0 Å². The van der Waals surface area contributed by atoms with E-state index in [1.54, 1.807) is 0 Å². The highest BCUT2D eigenvalue weighted by Gasteiger charge is 1.98. The van der Waals surface area contributed by atoms with Crippen molar-refractivity contribution in [3.8, 4) is 11.1 Å². The highest BCUT2D eigenvalue weighted by Crippen LogP contribution is 2.23. The highest BCUT2D eigenvalue weighted by molar-refractivity contribution is 9.10. The molecular weight excluding hydrogens is 296 g/mol. The second-order valence-corrected chi connectivity index (χ2v) is 4.93. The molecule has 0 unspecified atom stereocenters. The topological polar surface area (TPSA) is 38.0 Å². The summed E-state index contributed by atoms with van der Waals surface area (Å²) in [6.45, 7) is 0. The van der Waals surface area contributed by atoms with Crippen LogP contribution in [-0.2, 0) is 0 Å². The molecule has 3 N–H and O–H groups in total. The van der Waals surface area contributed by atoms with Crippen LogP contribution < -0.4 is 11.1 Å². The minimum absolute atomic E-state index is 0.279. The van der Waals surface area contributed by atoms with E-state index < -0.39 is 0 Å². The van der Waals surface area contributed by atoms with E-state index in [0.717, 1.165) is 15.7 Å². The second kappa shape index (κ2) is 5.29. The SMILES string of the molecule is NC(=S)Nc1ccc(-c2ccc(Br)cc2)cc1. The second-order valence-electron chi connectivity index (χ2n) is 3.57. The number of thiocarbonyl (C=S) groups is 1. The van der Waals surface area contributed by atoms with Gasteiger partial charge in [-0.1, -0.05) is 40.2 Å². The first-order chi connectivity index (χ1) is 8.15. The third-order valence-corrected chi connectivity index (χ3v) is 2.96. The molecule has 2 nitrogen and oxygen atoms in total. The van der Waals surface area contributed by atoms with Crippen molar-refractivity contribution in [2.75, 3.05) is 5.32 Å². The summed E-state index contributed by atoms with van der Waals surface area (Å²) < 4.78 is 1.08. The Kier molecular flexibility index (Phi) is 3.76. The van der Waals surface area contributed by atoms with E-state index in [-0.39, 0.29) is 5.11 Å². The van der Waals surface area contributed by atoms with Crippen molar-refractivity contribution in [2.45, 2.75) is 0 Å². The summed E-state index contributed by atoms with van der Waals surface area (Å²) in [4.78, 5) is 0. The Morgan fingerprint density at radius 2 is 1.41 bits per heavy atom. The van der Waals surface area contributed by atoms with Gasteiger partial charge < -0.3 is 11.1 Å². The Balaban J connectivity index is 2.23. The molecule has 0 aliphatic carbocycles. The first-order valence-corrected chi connectivity index (χ1v) is 6.28. The number of hydrogen-bond donors (Lipinski definition) is 2. The number of hydrogen-bond acceptors (Lipinski definition) is 1. The summed E-state index contributed by atoms with van der Waals surface area (Å²) in [6.07, 6.45) is 0. The molecule has 0 aliphatic rings. The van der Waals surface area contributed by atoms with E-state index in [1.807, 2.05) is 36.4 Å². The van der Waals surface area contributed by atoms with Gasteiger partial charge in [-0.25, -0.2) is 0 Å². The summed E-state index contributed by atoms with van der Waals surface area (Å²) in [5.41, 5.74) is 8.64. The Morgan fingerprint density at radius 3 is 1.88 bits per heavy atom. The van der Waals surface area contributed by atoms with Gasteiger partial charge >= 0.3 is 0 Å². The molecule has 0 fully saturated rings. The van der Waals surface area contributed by atoms with Crippen LogP contribution in [0.15, 0.2) is 53.0 Å². The zero-order chi connectivity index (χ0) is 12.3. The molecule has 0 saturated heterocycles. The molecule has 0 heterocycles. The van der Waals surface area contributed by atoms with Crippen LogP contribution in [0.25, 0.3) is 11.1 Å². The first kappa shape index (κ1) is 12.1. The lowest BCUT2D eigenvalue weighted by molar-refractivity contribution is 1.57. The molecule has 2 aromatic rings. The fourth-order valence-corrected chi connectivity index (χ4v) is 1.91. The van der Waals surface area contributed by atoms with Crippen molar-refractivity contribution in [3.05, 3.63) is 53.0 Å². The van der Waals surface area contributed by atoms with Crippen LogP contribution in [0.2, 0.25) is 0 Å². The normalized spacial score (nSPS) is 9.94.